The minimum atomic E-state index is -1.04. The number of amides is 5. The number of nitrogens with zero attached hydrogens (tertiary/aromatic N) is 6. The predicted molar refractivity (Wildman–Crippen MR) is 390 cm³/mol. The lowest BCUT2D eigenvalue weighted by Crippen LogP contribution is -2.51. The monoisotopic (exact) mass is 1530 g/mol. The molecule has 0 radical (unpaired) electrons. The number of H-pyrrole nitrogens is 3. The lowest BCUT2D eigenvalue weighted by Gasteiger charge is -2.32. The molecular formula is C72H102BBr2N11O15. The molecule has 3 aromatic heterocycles. The molecule has 11 rings (SSSR count). The van der Waals surface area contributed by atoms with Crippen molar-refractivity contribution in [2.24, 2.45) is 29.6 Å². The zero-order valence-corrected chi connectivity index (χ0v) is 64.9. The second kappa shape index (κ2) is 32.9. The molecule has 8 heterocycles. The molecule has 101 heavy (non-hydrogen) atoms. The highest BCUT2D eigenvalue weighted by Gasteiger charge is 2.52. The second-order valence-corrected chi connectivity index (χ2v) is 31.8. The van der Waals surface area contributed by atoms with Crippen LogP contribution < -0.4 is 20.8 Å². The molecule has 0 saturated carbocycles. The van der Waals surface area contributed by atoms with Crippen LogP contribution in [0.4, 0.5) is 19.2 Å². The van der Waals surface area contributed by atoms with Crippen LogP contribution in [0.3, 0.4) is 0 Å². The number of likely N-dealkylation sites (tertiary alicyclic amines) is 3. The lowest BCUT2D eigenvalue weighted by atomic mass is 9.77. The largest absolute Gasteiger partial charge is 0.494 e. The van der Waals surface area contributed by atoms with Crippen LogP contribution in [-0.2, 0) is 49.2 Å². The molecule has 0 bridgehead atoms. The average molecular weight is 1530 g/mol. The third kappa shape index (κ3) is 19.4. The van der Waals surface area contributed by atoms with E-state index >= 15 is 0 Å². The zero-order valence-electron chi connectivity index (χ0n) is 61.7. The van der Waals surface area contributed by atoms with Crippen molar-refractivity contribution < 1.29 is 71.6 Å². The molecule has 3 aromatic carbocycles. The zero-order chi connectivity index (χ0) is 74.4. The van der Waals surface area contributed by atoms with E-state index in [1.54, 1.807) is 36.2 Å². The molecular weight excluding hydrogens is 1430 g/mol. The van der Waals surface area contributed by atoms with E-state index in [-0.39, 0.29) is 54.0 Å². The molecule has 2 unspecified atom stereocenters. The number of carbonyl (C=O) groups is 6. The Morgan fingerprint density at radius 1 is 0.683 bits per heavy atom. The Kier molecular flexibility index (Phi) is 25.8. The van der Waals surface area contributed by atoms with Crippen molar-refractivity contribution in [2.75, 3.05) is 47.6 Å². The summed E-state index contributed by atoms with van der Waals surface area (Å²) in [6, 6.07) is 13.0. The van der Waals surface area contributed by atoms with E-state index in [0.29, 0.717) is 51.1 Å². The standard InChI is InChI=1S/C35H42BN3O6.C16H25BrN4O3.C13H20BrN3O2.C8H15NO4/c1-33(2,3)43-32(40)39-17-20(18-41-8)13-28(39)31-37-27-12-9-21-15-26-24-11-10-23(36-44-34(4,5)35(6,7)45-36)14-22(24)19-42-29(26)16-25(21)30(27)38-31;1-5-10(3)13(20-16(23)24-4)15(22)21-8-9(2)6-11(21)14-18-7-12(17)19-14;1-8-5-9(11-15-6-10(14)16-11)17(7-8)12(18)19-13(2,3)4;1-4-5(2)6(7(10)11)9-8(12)13-3/h9-12,14-16,20,28H,13,17-19H2,1-8H3,(H,37,38);7,9-11,13H,5-6,8H2,1-4H3,(H,18,19)(H,20,23);6,8-9H,5,7H2,1-4H3,(H,15,16);5-6H,4H2,1-3H3,(H,9,12)(H,10,11)/t20?,28-;9-,10-,11-,13?;8-,9-;5-,6-/m0000/s1. The Morgan fingerprint density at radius 2 is 1.20 bits per heavy atom. The topological polar surface area (TPSA) is 316 Å². The number of imidazole rings is 3. The number of nitrogens with one attached hydrogen (secondary N) is 5. The van der Waals surface area contributed by atoms with Crippen molar-refractivity contribution in [3.8, 4) is 16.9 Å². The number of aliphatic carboxylic acids is 1. The van der Waals surface area contributed by atoms with Gasteiger partial charge >= 0.3 is 37.5 Å². The van der Waals surface area contributed by atoms with Crippen molar-refractivity contribution in [1.82, 2.24) is 55.2 Å². The first kappa shape index (κ1) is 79.2. The Balaban J connectivity index is 0.000000194. The number of aromatic nitrogens is 6. The number of hydrogen-bond donors (Lipinski definition) is 6. The fourth-order valence-corrected chi connectivity index (χ4v) is 13.5. The SMILES string of the molecule is CC[C@H](C)C(NC(=O)OC)C(=O)N1C[C@@H](C)C[C@H]1c1ncc(Br)[nH]1.CC[C@H](C)[C@H](NC(=O)OC)C(=O)O.COCC1C[C@@H](c2nc3c(ccc4cc5c(cc43)OCc3cc(B4OC(C)(C)C(C)(C)O4)ccc3-5)[nH]2)N(C(=O)OC(C)(C)C)C1.C[C@H]1C[C@@H](c2ncc(Br)[nH]2)N(C(=O)OC(C)(C)C)C1. The summed E-state index contributed by atoms with van der Waals surface area (Å²) in [7, 11) is 3.77. The highest BCUT2D eigenvalue weighted by atomic mass is 79.9. The summed E-state index contributed by atoms with van der Waals surface area (Å²) in [5, 5.41) is 15.8. The molecule has 5 aliphatic heterocycles. The first-order valence-electron chi connectivity index (χ1n) is 34.6. The number of aromatic amines is 3. The van der Waals surface area contributed by atoms with Gasteiger partial charge in [-0.1, -0.05) is 78.6 Å². The molecule has 6 N–H and O–H groups in total. The van der Waals surface area contributed by atoms with E-state index in [1.165, 1.54) is 14.2 Å². The number of ether oxygens (including phenoxy) is 6. The van der Waals surface area contributed by atoms with Crippen LogP contribution in [0.1, 0.15) is 184 Å². The quantitative estimate of drug-likeness (QED) is 0.0436. The molecule has 6 aromatic rings. The van der Waals surface area contributed by atoms with Crippen molar-refractivity contribution in [3.63, 3.8) is 0 Å². The fraction of sp³-hybridized carbons (Fsp3) is 0.597. The number of methoxy groups -OCH3 is 3. The molecule has 4 fully saturated rings. The van der Waals surface area contributed by atoms with Gasteiger partial charge in [-0.3, -0.25) is 14.6 Å². The van der Waals surface area contributed by atoms with Gasteiger partial charge in [0.2, 0.25) is 5.91 Å². The van der Waals surface area contributed by atoms with Gasteiger partial charge in [-0.2, -0.15) is 0 Å². The number of rotatable bonds is 14. The molecule has 4 saturated heterocycles. The van der Waals surface area contributed by atoms with Gasteiger partial charge < -0.3 is 73.3 Å². The maximum Gasteiger partial charge on any atom is 0.494 e. The van der Waals surface area contributed by atoms with E-state index in [4.69, 9.17) is 38.3 Å². The molecule has 26 nitrogen and oxygen atoms in total. The van der Waals surface area contributed by atoms with E-state index in [9.17, 15) is 28.8 Å². The summed E-state index contributed by atoms with van der Waals surface area (Å²) < 4.78 is 46.2. The summed E-state index contributed by atoms with van der Waals surface area (Å²) in [6.07, 6.45) is 5.46. The van der Waals surface area contributed by atoms with Crippen molar-refractivity contribution in [2.45, 2.75) is 202 Å². The Morgan fingerprint density at radius 3 is 1.70 bits per heavy atom. The van der Waals surface area contributed by atoms with Crippen LogP contribution in [0, 0.1) is 29.6 Å². The minimum Gasteiger partial charge on any atom is -0.488 e. The number of benzene rings is 3. The molecule has 0 aliphatic carbocycles. The third-order valence-electron chi connectivity index (χ3n) is 19.2. The van der Waals surface area contributed by atoms with Crippen LogP contribution in [0.5, 0.6) is 5.75 Å². The van der Waals surface area contributed by atoms with Gasteiger partial charge in [0.15, 0.2) is 0 Å². The summed E-state index contributed by atoms with van der Waals surface area (Å²) in [5.41, 5.74) is 4.20. The first-order chi connectivity index (χ1) is 47.4. The number of carbonyl (C=O) groups excluding carboxylic acids is 5. The van der Waals surface area contributed by atoms with E-state index in [2.05, 4.69) is 161 Å². The Labute approximate surface area is 609 Å². The van der Waals surface area contributed by atoms with Gasteiger partial charge in [0.25, 0.3) is 0 Å². The van der Waals surface area contributed by atoms with Crippen LogP contribution in [0.15, 0.2) is 64.1 Å². The average Bonchev–Trinajstić information content (AvgIpc) is 1.73. The molecule has 552 valence electrons. The van der Waals surface area contributed by atoms with Crippen LogP contribution in [0.25, 0.3) is 32.9 Å². The summed E-state index contributed by atoms with van der Waals surface area (Å²) in [5.74, 6) is 2.93. The number of alkyl carbamates (subject to hydrolysis) is 2. The minimum absolute atomic E-state index is 0.0106. The summed E-state index contributed by atoms with van der Waals surface area (Å²) >= 11 is 6.71. The summed E-state index contributed by atoms with van der Waals surface area (Å²) in [4.78, 5) is 101. The van der Waals surface area contributed by atoms with E-state index in [0.717, 1.165) is 102 Å². The Bertz CT molecular complexity index is 3890. The van der Waals surface area contributed by atoms with E-state index < -0.39 is 59.8 Å². The number of hydrogen-bond acceptors (Lipinski definition) is 17. The second-order valence-electron chi connectivity index (χ2n) is 30.1. The highest BCUT2D eigenvalue weighted by Crippen LogP contribution is 2.44. The molecule has 29 heteroatoms. The van der Waals surface area contributed by atoms with Gasteiger partial charge in [0.05, 0.1) is 73.6 Å². The van der Waals surface area contributed by atoms with Gasteiger partial charge in [-0.25, -0.2) is 38.9 Å². The van der Waals surface area contributed by atoms with Crippen LogP contribution in [-0.4, -0.2) is 175 Å². The molecule has 5 aliphatic rings. The molecule has 0 spiro atoms. The predicted octanol–water partition coefficient (Wildman–Crippen LogP) is 13.7. The molecule has 10 atom stereocenters. The van der Waals surface area contributed by atoms with Crippen molar-refractivity contribution in [3.05, 3.63) is 87.1 Å². The van der Waals surface area contributed by atoms with Gasteiger partial charge in [0.1, 0.15) is 62.3 Å². The van der Waals surface area contributed by atoms with Gasteiger partial charge in [-0.05, 0) is 184 Å². The number of fused-ring (bicyclic) bond motifs is 6. The lowest BCUT2D eigenvalue weighted by molar-refractivity contribution is -0.140. The Hall–Kier alpha value is -7.47. The fourth-order valence-electron chi connectivity index (χ4n) is 12.9. The maximum atomic E-state index is 13.2. The smallest absolute Gasteiger partial charge is 0.488 e. The summed E-state index contributed by atoms with van der Waals surface area (Å²) in [6.45, 7) is 34.3. The number of halogens is 2. The van der Waals surface area contributed by atoms with E-state index in [1.807, 2.05) is 67.2 Å². The normalized spacial score (nSPS) is 21.6. The maximum absolute atomic E-state index is 13.2. The third-order valence-corrected chi connectivity index (χ3v) is 20.0. The van der Waals surface area contributed by atoms with Crippen molar-refractivity contribution in [1.29, 1.82) is 0 Å². The first-order valence-corrected chi connectivity index (χ1v) is 36.2. The van der Waals surface area contributed by atoms with Gasteiger partial charge in [0, 0.05) is 43.6 Å². The van der Waals surface area contributed by atoms with Crippen molar-refractivity contribution >= 4 is 102 Å². The molecule has 5 amide bonds. The van der Waals surface area contributed by atoms with Gasteiger partial charge in [-0.15, -0.1) is 0 Å². The number of carboxylic acid groups (broad SMARTS) is 1. The van der Waals surface area contributed by atoms with Crippen LogP contribution >= 0.6 is 31.9 Å². The van der Waals surface area contributed by atoms with Crippen LogP contribution in [0.2, 0.25) is 0 Å². The highest BCUT2D eigenvalue weighted by molar-refractivity contribution is 9.10. The number of carboxylic acids is 1.